The van der Waals surface area contributed by atoms with Crippen molar-refractivity contribution in [2.45, 2.75) is 43.2 Å². The van der Waals surface area contributed by atoms with Crippen molar-refractivity contribution >= 4 is 15.7 Å². The molecule has 0 bridgehead atoms. The van der Waals surface area contributed by atoms with Crippen molar-refractivity contribution in [3.63, 3.8) is 0 Å². The molecule has 5 nitrogen and oxygen atoms in total. The molecule has 1 aromatic heterocycles. The van der Waals surface area contributed by atoms with Crippen molar-refractivity contribution in [2.24, 2.45) is 5.92 Å². The molecule has 1 aromatic carbocycles. The summed E-state index contributed by atoms with van der Waals surface area (Å²) in [5.41, 5.74) is 1.44. The first-order valence-corrected chi connectivity index (χ1v) is 9.59. The molecule has 1 fully saturated rings. The summed E-state index contributed by atoms with van der Waals surface area (Å²) in [4.78, 5) is 0.290. The molecule has 1 unspecified atom stereocenters. The minimum Gasteiger partial charge on any atom is -0.464 e. The smallest absolute Gasteiger partial charge is 0.244 e. The van der Waals surface area contributed by atoms with Crippen molar-refractivity contribution in [2.75, 3.05) is 5.32 Å². The molecule has 23 heavy (non-hydrogen) atoms. The van der Waals surface area contributed by atoms with Gasteiger partial charge in [-0.3, -0.25) is 0 Å². The molecule has 2 heterocycles. The van der Waals surface area contributed by atoms with Gasteiger partial charge >= 0.3 is 0 Å². The highest BCUT2D eigenvalue weighted by Gasteiger charge is 2.34. The van der Waals surface area contributed by atoms with Crippen LogP contribution in [0.1, 0.15) is 32.1 Å². The molecule has 0 spiro atoms. The van der Waals surface area contributed by atoms with Crippen molar-refractivity contribution < 1.29 is 12.8 Å². The number of hydrogen-bond donors (Lipinski definition) is 2. The highest BCUT2D eigenvalue weighted by molar-refractivity contribution is 7.89. The summed E-state index contributed by atoms with van der Waals surface area (Å²) in [6.45, 7) is 0. The molecular weight excluding hydrogens is 312 g/mol. The van der Waals surface area contributed by atoms with E-state index >= 15 is 0 Å². The van der Waals surface area contributed by atoms with E-state index in [4.69, 9.17) is 4.42 Å². The van der Waals surface area contributed by atoms with Crippen LogP contribution in [0.25, 0.3) is 11.3 Å². The molecule has 1 atom stereocenters. The third kappa shape index (κ3) is 2.77. The van der Waals surface area contributed by atoms with Crippen LogP contribution in [0.2, 0.25) is 0 Å². The van der Waals surface area contributed by atoms with Crippen LogP contribution in [-0.2, 0) is 10.0 Å². The number of sulfonamides is 1. The normalized spacial score (nSPS) is 23.9. The number of furan rings is 1. The molecule has 1 aliphatic heterocycles. The van der Waals surface area contributed by atoms with Gasteiger partial charge in [-0.1, -0.05) is 19.3 Å². The fourth-order valence-electron chi connectivity index (χ4n) is 3.57. The second-order valence-corrected chi connectivity index (χ2v) is 8.01. The highest BCUT2D eigenvalue weighted by atomic mass is 32.2. The maximum atomic E-state index is 12.7. The summed E-state index contributed by atoms with van der Waals surface area (Å²) in [6, 6.07) is 9.01. The van der Waals surface area contributed by atoms with Crippen molar-refractivity contribution in [3.8, 4) is 11.3 Å². The lowest BCUT2D eigenvalue weighted by atomic mass is 9.87. The first-order valence-electron chi connectivity index (χ1n) is 8.10. The molecule has 122 valence electrons. The van der Waals surface area contributed by atoms with Gasteiger partial charge in [0.15, 0.2) is 0 Å². The van der Waals surface area contributed by atoms with Gasteiger partial charge in [-0.2, -0.15) is 4.72 Å². The Morgan fingerprint density at radius 1 is 1.09 bits per heavy atom. The van der Waals surface area contributed by atoms with Gasteiger partial charge in [0.1, 0.15) is 10.7 Å². The lowest BCUT2D eigenvalue weighted by Crippen LogP contribution is -2.49. The van der Waals surface area contributed by atoms with E-state index in [0.717, 1.165) is 18.4 Å². The summed E-state index contributed by atoms with van der Waals surface area (Å²) in [5, 5.41) is 3.37. The van der Waals surface area contributed by atoms with Gasteiger partial charge in [0.05, 0.1) is 18.1 Å². The summed E-state index contributed by atoms with van der Waals surface area (Å²) in [7, 11) is -3.51. The van der Waals surface area contributed by atoms with Crippen LogP contribution < -0.4 is 10.0 Å². The molecule has 2 aromatic rings. The lowest BCUT2D eigenvalue weighted by molar-refractivity contribution is 0.306. The monoisotopic (exact) mass is 332 g/mol. The topological polar surface area (TPSA) is 71.3 Å². The van der Waals surface area contributed by atoms with Gasteiger partial charge in [-0.05, 0) is 49.1 Å². The Morgan fingerprint density at radius 2 is 1.91 bits per heavy atom. The highest BCUT2D eigenvalue weighted by Crippen LogP contribution is 2.35. The summed E-state index contributed by atoms with van der Waals surface area (Å²) < 4.78 is 33.5. The van der Waals surface area contributed by atoms with E-state index in [-0.39, 0.29) is 6.17 Å². The second-order valence-electron chi connectivity index (χ2n) is 6.33. The maximum absolute atomic E-state index is 12.7. The van der Waals surface area contributed by atoms with Gasteiger partial charge in [-0.15, -0.1) is 0 Å². The number of nitrogens with one attached hydrogen (secondary N) is 2. The zero-order valence-corrected chi connectivity index (χ0v) is 13.6. The van der Waals surface area contributed by atoms with E-state index in [9.17, 15) is 8.42 Å². The Kier molecular flexibility index (Phi) is 3.66. The Morgan fingerprint density at radius 3 is 2.65 bits per heavy atom. The SMILES string of the molecule is O=S1(=O)NC(C2CCCCC2)Nc2ccc(-c3ccco3)cc21. The quantitative estimate of drug-likeness (QED) is 0.882. The van der Waals surface area contributed by atoms with Crippen LogP contribution in [-0.4, -0.2) is 14.6 Å². The third-order valence-corrected chi connectivity index (χ3v) is 6.27. The van der Waals surface area contributed by atoms with E-state index in [1.165, 1.54) is 19.3 Å². The molecule has 0 amide bonds. The molecule has 1 aliphatic carbocycles. The van der Waals surface area contributed by atoms with Crippen LogP contribution in [0.4, 0.5) is 5.69 Å². The van der Waals surface area contributed by atoms with Gasteiger partial charge in [0.2, 0.25) is 10.0 Å². The minimum absolute atomic E-state index is 0.206. The van der Waals surface area contributed by atoms with E-state index in [1.54, 1.807) is 18.4 Å². The third-order valence-electron chi connectivity index (χ3n) is 4.79. The standard InChI is InChI=1S/C17H20N2O3S/c20-23(21)16-11-13(15-7-4-10-22-15)8-9-14(16)18-17(19-23)12-5-2-1-3-6-12/h4,7-12,17-19H,1-3,5-6H2. The second kappa shape index (κ2) is 5.69. The van der Waals surface area contributed by atoms with Gasteiger partial charge in [0, 0.05) is 5.56 Å². The fourth-order valence-corrected chi connectivity index (χ4v) is 4.98. The van der Waals surface area contributed by atoms with Gasteiger partial charge in [0.25, 0.3) is 0 Å². The first kappa shape index (κ1) is 14.8. The molecule has 6 heteroatoms. The predicted molar refractivity (Wildman–Crippen MR) is 88.5 cm³/mol. The molecule has 2 N–H and O–H groups in total. The number of fused-ring (bicyclic) bond motifs is 1. The molecule has 4 rings (SSSR count). The minimum atomic E-state index is -3.51. The van der Waals surface area contributed by atoms with Crippen LogP contribution in [0.15, 0.2) is 45.9 Å². The van der Waals surface area contributed by atoms with E-state index < -0.39 is 10.0 Å². The zero-order chi connectivity index (χ0) is 15.9. The number of anilines is 1. The van der Waals surface area contributed by atoms with E-state index in [1.807, 2.05) is 18.2 Å². The van der Waals surface area contributed by atoms with Crippen molar-refractivity contribution in [1.82, 2.24) is 4.72 Å². The van der Waals surface area contributed by atoms with Crippen LogP contribution >= 0.6 is 0 Å². The van der Waals surface area contributed by atoms with Gasteiger partial charge < -0.3 is 9.73 Å². The Hall–Kier alpha value is -1.79. The molecule has 2 aliphatic rings. The summed E-state index contributed by atoms with van der Waals surface area (Å²) >= 11 is 0. The average Bonchev–Trinajstić information content (AvgIpc) is 3.09. The van der Waals surface area contributed by atoms with Crippen LogP contribution in [0.3, 0.4) is 0 Å². The molecule has 0 saturated heterocycles. The van der Waals surface area contributed by atoms with Crippen molar-refractivity contribution in [3.05, 3.63) is 36.6 Å². The Balaban J connectivity index is 1.68. The lowest BCUT2D eigenvalue weighted by Gasteiger charge is -2.35. The van der Waals surface area contributed by atoms with Crippen LogP contribution in [0.5, 0.6) is 0 Å². The largest absolute Gasteiger partial charge is 0.464 e. The number of rotatable bonds is 2. The molecular formula is C17H20N2O3S. The predicted octanol–water partition coefficient (Wildman–Crippen LogP) is 3.56. The van der Waals surface area contributed by atoms with Gasteiger partial charge in [-0.25, -0.2) is 8.42 Å². The average molecular weight is 332 g/mol. The van der Waals surface area contributed by atoms with E-state index in [0.29, 0.717) is 22.3 Å². The number of benzene rings is 1. The van der Waals surface area contributed by atoms with Crippen molar-refractivity contribution in [1.29, 1.82) is 0 Å². The van der Waals surface area contributed by atoms with Crippen LogP contribution in [0, 0.1) is 5.92 Å². The molecule has 1 saturated carbocycles. The molecule has 0 radical (unpaired) electrons. The Bertz CT molecular complexity index is 793. The first-order chi connectivity index (χ1) is 11.1. The van der Waals surface area contributed by atoms with E-state index in [2.05, 4.69) is 10.0 Å². The summed E-state index contributed by atoms with van der Waals surface area (Å²) in [6.07, 6.45) is 7.11. The zero-order valence-electron chi connectivity index (χ0n) is 12.8. The number of hydrogen-bond acceptors (Lipinski definition) is 4. The summed E-state index contributed by atoms with van der Waals surface area (Å²) in [5.74, 6) is 1.02. The Labute approximate surface area is 136 Å². The fraction of sp³-hybridized carbons (Fsp3) is 0.412. The maximum Gasteiger partial charge on any atom is 0.244 e.